The molecule has 0 radical (unpaired) electrons. The number of hydrogen-bond donors (Lipinski definition) is 2. The zero-order valence-corrected chi connectivity index (χ0v) is 15.3. The summed E-state index contributed by atoms with van der Waals surface area (Å²) in [6, 6.07) is 14.5. The van der Waals surface area contributed by atoms with Crippen molar-refractivity contribution in [3.05, 3.63) is 65.7 Å². The van der Waals surface area contributed by atoms with Crippen LogP contribution in [-0.4, -0.2) is 28.4 Å². The van der Waals surface area contributed by atoms with Crippen LogP contribution in [0.25, 0.3) is 0 Å². The first-order valence-corrected chi connectivity index (χ1v) is 9.45. The van der Waals surface area contributed by atoms with Crippen molar-refractivity contribution in [2.24, 2.45) is 0 Å². The molecule has 2 aromatic rings. The lowest BCUT2D eigenvalue weighted by Gasteiger charge is -2.18. The van der Waals surface area contributed by atoms with Crippen molar-refractivity contribution in [1.82, 2.24) is 5.32 Å². The number of carbonyl (C=O) groups excluding carboxylic acids is 1. The van der Waals surface area contributed by atoms with Gasteiger partial charge in [0.15, 0.2) is 0 Å². The standard InChI is InChI=1S/C20H20F3NO2S/c21-20(22,23)15-6-4-5-14(11-15)12-17(25)18(26)24-13-19(9-10-19)27-16-7-2-1-3-8-16/h1-8,11,17,25H,9-10,12-13H2,(H,24,26). The topological polar surface area (TPSA) is 49.3 Å². The van der Waals surface area contributed by atoms with E-state index in [1.54, 1.807) is 11.8 Å². The predicted octanol–water partition coefficient (Wildman–Crippen LogP) is 4.05. The van der Waals surface area contributed by atoms with Gasteiger partial charge < -0.3 is 10.4 Å². The molecule has 2 N–H and O–H groups in total. The minimum atomic E-state index is -4.45. The Morgan fingerprint density at radius 1 is 1.15 bits per heavy atom. The molecule has 0 heterocycles. The maximum Gasteiger partial charge on any atom is 0.416 e. The van der Waals surface area contributed by atoms with Crippen molar-refractivity contribution >= 4 is 17.7 Å². The molecule has 0 saturated heterocycles. The monoisotopic (exact) mass is 395 g/mol. The summed E-state index contributed by atoms with van der Waals surface area (Å²) in [5.74, 6) is -0.563. The third kappa shape index (κ3) is 5.49. The van der Waals surface area contributed by atoms with Gasteiger partial charge in [-0.25, -0.2) is 0 Å². The molecule has 1 amide bonds. The van der Waals surface area contributed by atoms with Crippen LogP contribution in [0.3, 0.4) is 0 Å². The zero-order valence-electron chi connectivity index (χ0n) is 14.5. The molecule has 7 heteroatoms. The number of aliphatic hydroxyl groups excluding tert-OH is 1. The molecule has 0 aromatic heterocycles. The highest BCUT2D eigenvalue weighted by Gasteiger charge is 2.44. The van der Waals surface area contributed by atoms with Gasteiger partial charge in [-0.15, -0.1) is 11.8 Å². The third-order valence-corrected chi connectivity index (χ3v) is 5.95. The van der Waals surface area contributed by atoms with Gasteiger partial charge in [0.25, 0.3) is 0 Å². The maximum atomic E-state index is 12.8. The molecule has 1 aliphatic rings. The first-order valence-electron chi connectivity index (χ1n) is 8.63. The van der Waals surface area contributed by atoms with Gasteiger partial charge in [0, 0.05) is 22.6 Å². The molecule has 144 valence electrons. The highest BCUT2D eigenvalue weighted by molar-refractivity contribution is 8.01. The van der Waals surface area contributed by atoms with Crippen molar-refractivity contribution in [3.8, 4) is 0 Å². The molecule has 0 aliphatic heterocycles. The molecule has 1 fully saturated rings. The molecule has 0 bridgehead atoms. The van der Waals surface area contributed by atoms with Crippen molar-refractivity contribution in [3.63, 3.8) is 0 Å². The molecule has 3 nitrogen and oxygen atoms in total. The van der Waals surface area contributed by atoms with Gasteiger partial charge in [0.05, 0.1) is 5.56 Å². The van der Waals surface area contributed by atoms with Crippen LogP contribution in [0.4, 0.5) is 13.2 Å². The van der Waals surface area contributed by atoms with E-state index in [1.807, 2.05) is 30.3 Å². The van der Waals surface area contributed by atoms with Gasteiger partial charge in [0.2, 0.25) is 5.91 Å². The Labute approximate surface area is 160 Å². The van der Waals surface area contributed by atoms with Crippen LogP contribution in [0.15, 0.2) is 59.5 Å². The molecule has 27 heavy (non-hydrogen) atoms. The summed E-state index contributed by atoms with van der Waals surface area (Å²) in [7, 11) is 0. The summed E-state index contributed by atoms with van der Waals surface area (Å²) in [5.41, 5.74) is -0.518. The quantitative estimate of drug-likeness (QED) is 0.744. The van der Waals surface area contributed by atoms with Crippen LogP contribution < -0.4 is 5.32 Å². The van der Waals surface area contributed by atoms with Crippen LogP contribution in [-0.2, 0) is 17.4 Å². The Kier molecular flexibility index (Phi) is 5.81. The highest BCUT2D eigenvalue weighted by Crippen LogP contribution is 2.51. The SMILES string of the molecule is O=C(NCC1(Sc2ccccc2)CC1)C(O)Cc1cccc(C(F)(F)F)c1. The second-order valence-electron chi connectivity index (χ2n) is 6.73. The van der Waals surface area contributed by atoms with Crippen LogP contribution in [0.5, 0.6) is 0 Å². The fourth-order valence-electron chi connectivity index (χ4n) is 2.75. The van der Waals surface area contributed by atoms with Gasteiger partial charge >= 0.3 is 6.18 Å². The lowest BCUT2D eigenvalue weighted by atomic mass is 10.0. The first kappa shape index (κ1) is 19.8. The number of aliphatic hydroxyl groups is 1. The minimum absolute atomic E-state index is 0.0626. The second kappa shape index (κ2) is 7.94. The van der Waals surface area contributed by atoms with E-state index >= 15 is 0 Å². The Hall–Kier alpha value is -1.99. The van der Waals surface area contributed by atoms with E-state index in [9.17, 15) is 23.1 Å². The Balaban J connectivity index is 1.53. The highest BCUT2D eigenvalue weighted by atomic mass is 32.2. The molecule has 3 rings (SSSR count). The Morgan fingerprint density at radius 3 is 2.48 bits per heavy atom. The third-order valence-electron chi connectivity index (χ3n) is 4.46. The molecular formula is C20H20F3NO2S. The fourth-order valence-corrected chi connectivity index (χ4v) is 3.99. The lowest BCUT2D eigenvalue weighted by Crippen LogP contribution is -2.40. The smallest absolute Gasteiger partial charge is 0.383 e. The minimum Gasteiger partial charge on any atom is -0.383 e. The zero-order chi connectivity index (χ0) is 19.5. The van der Waals surface area contributed by atoms with E-state index in [-0.39, 0.29) is 16.7 Å². The molecule has 1 aliphatic carbocycles. The van der Waals surface area contributed by atoms with Crippen LogP contribution >= 0.6 is 11.8 Å². The average molecular weight is 395 g/mol. The van der Waals surface area contributed by atoms with Gasteiger partial charge in [-0.05, 0) is 36.6 Å². The molecule has 1 unspecified atom stereocenters. The summed E-state index contributed by atoms with van der Waals surface area (Å²) in [5, 5.41) is 12.8. The number of thioether (sulfide) groups is 1. The van der Waals surface area contributed by atoms with E-state index in [0.29, 0.717) is 6.54 Å². The number of rotatable bonds is 7. The molecule has 2 aromatic carbocycles. The molecule has 1 atom stereocenters. The van der Waals surface area contributed by atoms with Gasteiger partial charge in [-0.1, -0.05) is 36.4 Å². The summed E-state index contributed by atoms with van der Waals surface area (Å²) < 4.78 is 38.2. The Bertz CT molecular complexity index is 791. The Morgan fingerprint density at radius 2 is 1.85 bits per heavy atom. The van der Waals surface area contributed by atoms with Crippen molar-refractivity contribution in [2.75, 3.05) is 6.54 Å². The number of carbonyl (C=O) groups is 1. The van der Waals surface area contributed by atoms with Gasteiger partial charge in [-0.3, -0.25) is 4.79 Å². The second-order valence-corrected chi connectivity index (χ2v) is 8.28. The van der Waals surface area contributed by atoms with E-state index < -0.39 is 23.8 Å². The predicted molar refractivity (Wildman–Crippen MR) is 98.4 cm³/mol. The average Bonchev–Trinajstić information content (AvgIpc) is 3.40. The largest absolute Gasteiger partial charge is 0.416 e. The maximum absolute atomic E-state index is 12.8. The van der Waals surface area contributed by atoms with Gasteiger partial charge in [-0.2, -0.15) is 13.2 Å². The van der Waals surface area contributed by atoms with Crippen LogP contribution in [0.1, 0.15) is 24.0 Å². The number of nitrogens with one attached hydrogen (secondary N) is 1. The summed E-state index contributed by atoms with van der Waals surface area (Å²) in [4.78, 5) is 13.3. The van der Waals surface area contributed by atoms with Gasteiger partial charge in [0.1, 0.15) is 6.10 Å². The van der Waals surface area contributed by atoms with E-state index in [4.69, 9.17) is 0 Å². The molecule has 0 spiro atoms. The van der Waals surface area contributed by atoms with Crippen molar-refractivity contribution in [1.29, 1.82) is 0 Å². The first-order chi connectivity index (χ1) is 12.8. The van der Waals surface area contributed by atoms with E-state index in [2.05, 4.69) is 5.32 Å². The number of amides is 1. The summed E-state index contributed by atoms with van der Waals surface area (Å²) in [6.45, 7) is 0.422. The lowest BCUT2D eigenvalue weighted by molar-refractivity contribution is -0.137. The fraction of sp³-hybridized carbons (Fsp3) is 0.350. The van der Waals surface area contributed by atoms with Crippen molar-refractivity contribution < 1.29 is 23.1 Å². The van der Waals surface area contributed by atoms with Crippen LogP contribution in [0, 0.1) is 0 Å². The van der Waals surface area contributed by atoms with Crippen LogP contribution in [0.2, 0.25) is 0 Å². The molecule has 1 saturated carbocycles. The number of alkyl halides is 3. The number of halogens is 3. The number of benzene rings is 2. The summed E-state index contributed by atoms with van der Waals surface area (Å²) >= 11 is 1.70. The number of hydrogen-bond acceptors (Lipinski definition) is 3. The normalized spacial score (nSPS) is 16.6. The van der Waals surface area contributed by atoms with E-state index in [0.717, 1.165) is 29.9 Å². The van der Waals surface area contributed by atoms with Crippen molar-refractivity contribution in [2.45, 2.75) is 41.2 Å². The van der Waals surface area contributed by atoms with E-state index in [1.165, 1.54) is 12.1 Å². The molecular weight excluding hydrogens is 375 g/mol. The summed E-state index contributed by atoms with van der Waals surface area (Å²) in [6.07, 6.45) is -4.05.